The Morgan fingerprint density at radius 1 is 1.15 bits per heavy atom. The first-order valence-electron chi connectivity index (χ1n) is 13.8. The molecule has 8 nitrogen and oxygen atoms in total. The average molecular weight is 563 g/mol. The minimum absolute atomic E-state index is 0.0110. The van der Waals surface area contributed by atoms with E-state index in [1.54, 1.807) is 39.0 Å². The van der Waals surface area contributed by atoms with Gasteiger partial charge in [-0.1, -0.05) is 18.2 Å². The summed E-state index contributed by atoms with van der Waals surface area (Å²) in [6.45, 7) is 5.28. The lowest BCUT2D eigenvalue weighted by Crippen LogP contribution is -2.36. The molecule has 0 fully saturated rings. The zero-order chi connectivity index (χ0) is 29.4. The molecule has 41 heavy (non-hydrogen) atoms. The molecule has 2 aliphatic carbocycles. The van der Waals surface area contributed by atoms with Gasteiger partial charge < -0.3 is 20.8 Å². The Balaban J connectivity index is 1.54. The summed E-state index contributed by atoms with van der Waals surface area (Å²) >= 11 is 0. The lowest BCUT2D eigenvalue weighted by atomic mass is 9.70. The summed E-state index contributed by atoms with van der Waals surface area (Å²) in [7, 11) is 0. The van der Waals surface area contributed by atoms with E-state index in [1.165, 1.54) is 12.1 Å². The van der Waals surface area contributed by atoms with Crippen molar-refractivity contribution in [3.8, 4) is 5.69 Å². The molecule has 2 aromatic heterocycles. The summed E-state index contributed by atoms with van der Waals surface area (Å²) in [6.07, 6.45) is 0.280. The van der Waals surface area contributed by atoms with Gasteiger partial charge in [0, 0.05) is 17.3 Å². The summed E-state index contributed by atoms with van der Waals surface area (Å²) in [5, 5.41) is 10.7. The van der Waals surface area contributed by atoms with E-state index in [0.717, 1.165) is 21.9 Å². The number of halogens is 2. The van der Waals surface area contributed by atoms with E-state index in [4.69, 9.17) is 5.73 Å². The number of nitrogens with two attached hydrogens (primary N) is 1. The van der Waals surface area contributed by atoms with Gasteiger partial charge in [0.25, 0.3) is 5.56 Å². The zero-order valence-corrected chi connectivity index (χ0v) is 23.1. The van der Waals surface area contributed by atoms with Crippen molar-refractivity contribution in [1.29, 1.82) is 0 Å². The molecule has 0 saturated heterocycles. The summed E-state index contributed by atoms with van der Waals surface area (Å²) in [6, 6.07) is 9.03. The number of aromatic amines is 2. The molecule has 0 saturated carbocycles. The third-order valence-corrected chi connectivity index (χ3v) is 9.09. The first kappa shape index (κ1) is 27.1. The van der Waals surface area contributed by atoms with Crippen LogP contribution in [0.5, 0.6) is 0 Å². The highest BCUT2D eigenvalue weighted by Crippen LogP contribution is 2.49. The lowest BCUT2D eigenvalue weighted by Gasteiger charge is -2.35. The van der Waals surface area contributed by atoms with Crippen LogP contribution in [-0.2, 0) is 17.6 Å². The summed E-state index contributed by atoms with van der Waals surface area (Å²) in [4.78, 5) is 44.8. The first-order valence-corrected chi connectivity index (χ1v) is 13.8. The summed E-state index contributed by atoms with van der Waals surface area (Å²) in [5.74, 6) is -2.93. The maximum Gasteiger partial charge on any atom is 0.333 e. The Bertz CT molecular complexity index is 1830. The number of para-hydroxylation sites is 1. The van der Waals surface area contributed by atoms with Crippen LogP contribution in [0.2, 0.25) is 0 Å². The monoisotopic (exact) mass is 562 g/mol. The number of amides is 1. The number of carbonyl (C=O) groups excluding carboxylic acids is 1. The first-order chi connectivity index (χ1) is 19.4. The number of H-pyrrole nitrogens is 2. The van der Waals surface area contributed by atoms with Crippen LogP contribution in [0.3, 0.4) is 0 Å². The molecule has 10 heteroatoms. The van der Waals surface area contributed by atoms with Crippen LogP contribution in [0.15, 0.2) is 46.0 Å². The molecule has 5 N–H and O–H groups in total. The minimum atomic E-state index is -1.46. The van der Waals surface area contributed by atoms with E-state index >= 15 is 4.39 Å². The molecule has 2 aromatic carbocycles. The van der Waals surface area contributed by atoms with E-state index < -0.39 is 46.6 Å². The van der Waals surface area contributed by atoms with Crippen molar-refractivity contribution in [3.63, 3.8) is 0 Å². The highest BCUT2D eigenvalue weighted by Gasteiger charge is 2.44. The Morgan fingerprint density at radius 2 is 1.88 bits per heavy atom. The van der Waals surface area contributed by atoms with E-state index in [1.807, 2.05) is 0 Å². The molecule has 1 amide bonds. The number of nitrogens with one attached hydrogen (secondary N) is 2. The van der Waals surface area contributed by atoms with Crippen molar-refractivity contribution in [2.75, 3.05) is 0 Å². The van der Waals surface area contributed by atoms with Gasteiger partial charge in [-0.05, 0) is 92.8 Å². The Labute approximate surface area is 234 Å². The number of aliphatic hydroxyl groups is 1. The number of primary amides is 1. The minimum Gasteiger partial charge on any atom is -0.390 e. The molecule has 3 unspecified atom stereocenters. The largest absolute Gasteiger partial charge is 0.390 e. The van der Waals surface area contributed by atoms with Gasteiger partial charge in [-0.25, -0.2) is 18.1 Å². The molecule has 0 aliphatic heterocycles. The number of fused-ring (bicyclic) bond motifs is 4. The number of hydrogen-bond donors (Lipinski definition) is 4. The molecule has 2 heterocycles. The second-order valence-electron chi connectivity index (χ2n) is 11.9. The van der Waals surface area contributed by atoms with Gasteiger partial charge in [0.15, 0.2) is 0 Å². The SMILES string of the molecule is Cc1c(C2c3c([nH]c4c3CC[C@H](C(C)(C)O)C4)C(C(N)=O)CC2F)cccc1-n1c(=O)[nH]c2c(F)cccc2c1=O. The fourth-order valence-corrected chi connectivity index (χ4v) is 6.90. The van der Waals surface area contributed by atoms with Gasteiger partial charge in [0.05, 0.1) is 28.1 Å². The fraction of sp³-hybridized carbons (Fsp3) is 0.387. The molecule has 4 atom stereocenters. The maximum atomic E-state index is 16.2. The third kappa shape index (κ3) is 4.23. The van der Waals surface area contributed by atoms with E-state index in [-0.39, 0.29) is 28.9 Å². The third-order valence-electron chi connectivity index (χ3n) is 9.09. The smallest absolute Gasteiger partial charge is 0.333 e. The topological polar surface area (TPSA) is 134 Å². The van der Waals surface area contributed by atoms with Crippen LogP contribution >= 0.6 is 0 Å². The van der Waals surface area contributed by atoms with Crippen LogP contribution < -0.4 is 17.0 Å². The molecule has 6 rings (SSSR count). The average Bonchev–Trinajstić information content (AvgIpc) is 3.28. The molecular formula is C31H32F2N4O4. The zero-order valence-electron chi connectivity index (χ0n) is 23.1. The number of carbonyl (C=O) groups is 1. The van der Waals surface area contributed by atoms with Gasteiger partial charge >= 0.3 is 5.69 Å². The Morgan fingerprint density at radius 3 is 2.59 bits per heavy atom. The quantitative estimate of drug-likeness (QED) is 0.301. The highest BCUT2D eigenvalue weighted by molar-refractivity contribution is 5.83. The van der Waals surface area contributed by atoms with Crippen molar-refractivity contribution in [1.82, 2.24) is 14.5 Å². The number of benzene rings is 2. The van der Waals surface area contributed by atoms with E-state index in [2.05, 4.69) is 9.97 Å². The number of aromatic nitrogens is 3. The molecule has 0 radical (unpaired) electrons. The number of alkyl halides is 1. The molecule has 214 valence electrons. The maximum absolute atomic E-state index is 16.2. The van der Waals surface area contributed by atoms with Gasteiger partial charge in [-0.3, -0.25) is 9.59 Å². The van der Waals surface area contributed by atoms with E-state index in [9.17, 15) is 23.9 Å². The van der Waals surface area contributed by atoms with Crippen LogP contribution in [0.1, 0.15) is 72.2 Å². The van der Waals surface area contributed by atoms with E-state index in [0.29, 0.717) is 41.6 Å². The van der Waals surface area contributed by atoms with Crippen molar-refractivity contribution >= 4 is 16.8 Å². The summed E-state index contributed by atoms with van der Waals surface area (Å²) in [5.41, 5.74) is 7.62. The highest BCUT2D eigenvalue weighted by atomic mass is 19.1. The van der Waals surface area contributed by atoms with Crippen LogP contribution in [0.25, 0.3) is 16.6 Å². The standard InChI is InChI=1S/C31H32F2N4O4/c1-14-16(6-5-9-23(14)37-29(39)18-7-4-8-20(32)26(18)36-30(37)40)24-21(33)13-19(28(34)38)27-25(24)17-11-10-15(31(2,3)41)12-22(17)35-27/h4-9,15,19,21,24,35,41H,10-13H2,1-3H3,(H2,34,38)(H,36,40)/t15-,19?,21?,24?/m0/s1. The summed E-state index contributed by atoms with van der Waals surface area (Å²) < 4.78 is 31.5. The van der Waals surface area contributed by atoms with Gasteiger partial charge in [0.1, 0.15) is 12.0 Å². The van der Waals surface area contributed by atoms with Crippen molar-refractivity contribution in [2.24, 2.45) is 11.7 Å². The fourth-order valence-electron chi connectivity index (χ4n) is 6.90. The predicted octanol–water partition coefficient (Wildman–Crippen LogP) is 3.77. The van der Waals surface area contributed by atoms with Gasteiger partial charge in [0.2, 0.25) is 5.91 Å². The van der Waals surface area contributed by atoms with Crippen molar-refractivity contribution in [2.45, 2.75) is 70.1 Å². The van der Waals surface area contributed by atoms with Crippen LogP contribution in [0, 0.1) is 18.7 Å². The Hall–Kier alpha value is -4.05. The van der Waals surface area contributed by atoms with Gasteiger partial charge in [-0.15, -0.1) is 0 Å². The number of nitrogens with zero attached hydrogens (tertiary/aromatic N) is 1. The second-order valence-corrected chi connectivity index (χ2v) is 11.9. The number of hydrogen-bond acceptors (Lipinski definition) is 4. The molecule has 0 spiro atoms. The molecule has 2 aliphatic rings. The predicted molar refractivity (Wildman–Crippen MR) is 151 cm³/mol. The second kappa shape index (κ2) is 9.51. The van der Waals surface area contributed by atoms with Crippen molar-refractivity contribution < 1.29 is 18.7 Å². The Kier molecular flexibility index (Phi) is 6.29. The molecule has 4 aromatic rings. The van der Waals surface area contributed by atoms with Crippen LogP contribution in [0.4, 0.5) is 8.78 Å². The van der Waals surface area contributed by atoms with Crippen LogP contribution in [-0.4, -0.2) is 37.3 Å². The van der Waals surface area contributed by atoms with Gasteiger partial charge in [-0.2, -0.15) is 0 Å². The van der Waals surface area contributed by atoms with Crippen molar-refractivity contribution in [3.05, 3.63) is 96.7 Å². The molecule has 0 bridgehead atoms. The number of rotatable bonds is 4. The molecular weight excluding hydrogens is 530 g/mol. The normalized spacial score (nSPS) is 22.4. The lowest BCUT2D eigenvalue weighted by molar-refractivity contribution is -0.120.